The van der Waals surface area contributed by atoms with E-state index in [1.807, 2.05) is 6.07 Å². The molecule has 20 heavy (non-hydrogen) atoms. The van der Waals surface area contributed by atoms with Crippen molar-refractivity contribution in [2.45, 2.75) is 5.92 Å². The van der Waals surface area contributed by atoms with Crippen LogP contribution in [0.2, 0.25) is 5.02 Å². The van der Waals surface area contributed by atoms with E-state index < -0.39 is 23.3 Å². The number of halogens is 3. The van der Waals surface area contributed by atoms with E-state index in [0.717, 1.165) is 24.3 Å². The Bertz CT molecular complexity index is 692. The first kappa shape index (κ1) is 14.2. The molecule has 1 unspecified atom stereocenters. The van der Waals surface area contributed by atoms with Gasteiger partial charge in [-0.15, -0.1) is 0 Å². The van der Waals surface area contributed by atoms with Crippen LogP contribution in [0.25, 0.3) is 0 Å². The molecule has 0 bridgehead atoms. The van der Waals surface area contributed by atoms with Crippen molar-refractivity contribution in [3.8, 4) is 6.07 Å². The highest BCUT2D eigenvalue weighted by molar-refractivity contribution is 6.31. The molecule has 0 radical (unpaired) electrons. The maximum atomic E-state index is 13.0. The highest BCUT2D eigenvalue weighted by Gasteiger charge is 2.24. The molecule has 0 spiro atoms. The van der Waals surface area contributed by atoms with Crippen molar-refractivity contribution in [1.82, 2.24) is 0 Å². The number of nitriles is 1. The highest BCUT2D eigenvalue weighted by atomic mass is 35.5. The maximum absolute atomic E-state index is 13.0. The largest absolute Gasteiger partial charge is 0.292 e. The van der Waals surface area contributed by atoms with E-state index in [1.54, 1.807) is 0 Å². The molecule has 0 amide bonds. The summed E-state index contributed by atoms with van der Waals surface area (Å²) >= 11 is 5.86. The lowest BCUT2D eigenvalue weighted by molar-refractivity contribution is 0.0979. The van der Waals surface area contributed by atoms with Crippen LogP contribution in [0.15, 0.2) is 42.5 Å². The van der Waals surface area contributed by atoms with Gasteiger partial charge in [0, 0.05) is 10.6 Å². The van der Waals surface area contributed by atoms with Crippen LogP contribution in [0.1, 0.15) is 21.8 Å². The quantitative estimate of drug-likeness (QED) is 0.799. The van der Waals surface area contributed by atoms with Gasteiger partial charge >= 0.3 is 0 Å². The van der Waals surface area contributed by atoms with Crippen molar-refractivity contribution in [3.05, 3.63) is 70.2 Å². The Hall–Kier alpha value is -2.25. The summed E-state index contributed by atoms with van der Waals surface area (Å²) < 4.78 is 25.8. The number of Topliss-reactive ketones (excluding diaryl/α,β-unsaturated/α-hetero) is 1. The average Bonchev–Trinajstić information content (AvgIpc) is 2.42. The van der Waals surface area contributed by atoms with Gasteiger partial charge in [-0.1, -0.05) is 17.7 Å². The summed E-state index contributed by atoms with van der Waals surface area (Å²) in [7, 11) is 0. The van der Waals surface area contributed by atoms with Crippen molar-refractivity contribution in [1.29, 1.82) is 5.26 Å². The van der Waals surface area contributed by atoms with Gasteiger partial charge < -0.3 is 0 Å². The summed E-state index contributed by atoms with van der Waals surface area (Å²) in [5.41, 5.74) is 0.420. The molecule has 2 nitrogen and oxygen atoms in total. The summed E-state index contributed by atoms with van der Waals surface area (Å²) in [6.45, 7) is 0. The molecule has 0 N–H and O–H groups in total. The van der Waals surface area contributed by atoms with Gasteiger partial charge in [0.05, 0.1) is 6.07 Å². The molecule has 0 saturated heterocycles. The van der Waals surface area contributed by atoms with Crippen molar-refractivity contribution in [2.75, 3.05) is 0 Å². The first-order valence-electron chi connectivity index (χ1n) is 5.67. The Balaban J connectivity index is 2.40. The lowest BCUT2D eigenvalue weighted by atomic mass is 9.92. The molecule has 0 aliphatic rings. The molecule has 0 fully saturated rings. The Kier molecular flexibility index (Phi) is 4.11. The fourth-order valence-corrected chi connectivity index (χ4v) is 2.06. The number of ketones is 1. The second-order valence-corrected chi connectivity index (χ2v) is 4.51. The summed E-state index contributed by atoms with van der Waals surface area (Å²) in [5, 5.41) is 9.17. The number of rotatable bonds is 3. The number of nitrogens with zero attached hydrogens (tertiary/aromatic N) is 1. The number of hydrogen-bond donors (Lipinski definition) is 0. The predicted molar refractivity (Wildman–Crippen MR) is 70.5 cm³/mol. The number of carbonyl (C=O) groups is 1. The molecule has 0 aromatic heterocycles. The van der Waals surface area contributed by atoms with Crippen LogP contribution < -0.4 is 0 Å². The highest BCUT2D eigenvalue weighted by Crippen LogP contribution is 2.28. The minimum absolute atomic E-state index is 0.00649. The third-order valence-electron chi connectivity index (χ3n) is 2.79. The molecule has 5 heteroatoms. The Morgan fingerprint density at radius 2 is 1.70 bits per heavy atom. The van der Waals surface area contributed by atoms with Crippen molar-refractivity contribution < 1.29 is 13.6 Å². The van der Waals surface area contributed by atoms with Gasteiger partial charge in [0.15, 0.2) is 5.78 Å². The third-order valence-corrected chi connectivity index (χ3v) is 3.12. The van der Waals surface area contributed by atoms with Crippen LogP contribution >= 0.6 is 11.6 Å². The molecule has 100 valence electrons. The number of hydrogen-bond acceptors (Lipinski definition) is 2. The molecule has 2 rings (SSSR count). The lowest BCUT2D eigenvalue weighted by Gasteiger charge is -2.10. The molecule has 0 aliphatic heterocycles. The minimum Gasteiger partial charge on any atom is -0.292 e. The Morgan fingerprint density at radius 3 is 2.25 bits per heavy atom. The SMILES string of the molecule is N#CC(C(=O)c1ccc(F)cc1)c1ccc(F)cc1Cl. The Labute approximate surface area is 119 Å². The van der Waals surface area contributed by atoms with Crippen LogP contribution in [0.4, 0.5) is 8.78 Å². The zero-order valence-corrected chi connectivity index (χ0v) is 10.9. The number of benzene rings is 2. The predicted octanol–water partition coefficient (Wildman–Crippen LogP) is 4.11. The standard InChI is InChI=1S/C15H8ClF2NO/c16-14-7-11(18)5-6-12(14)13(8-19)15(20)9-1-3-10(17)4-2-9/h1-7,13H. The van der Waals surface area contributed by atoms with Crippen molar-refractivity contribution in [3.63, 3.8) is 0 Å². The van der Waals surface area contributed by atoms with E-state index >= 15 is 0 Å². The average molecular weight is 292 g/mol. The van der Waals surface area contributed by atoms with Gasteiger partial charge in [-0.3, -0.25) is 4.79 Å². The molecular formula is C15H8ClF2NO. The molecule has 0 aliphatic carbocycles. The van der Waals surface area contributed by atoms with Crippen LogP contribution in [0.3, 0.4) is 0 Å². The lowest BCUT2D eigenvalue weighted by Crippen LogP contribution is -2.12. The minimum atomic E-state index is -1.16. The van der Waals surface area contributed by atoms with Crippen LogP contribution in [0.5, 0.6) is 0 Å². The van der Waals surface area contributed by atoms with E-state index in [2.05, 4.69) is 0 Å². The van der Waals surface area contributed by atoms with Gasteiger partial charge in [-0.05, 0) is 42.0 Å². The second kappa shape index (κ2) is 5.81. The molecule has 1 atom stereocenters. The monoisotopic (exact) mass is 291 g/mol. The molecule has 2 aromatic rings. The summed E-state index contributed by atoms with van der Waals surface area (Å²) in [6, 6.07) is 10.2. The maximum Gasteiger partial charge on any atom is 0.184 e. The van der Waals surface area contributed by atoms with Gasteiger partial charge in [0.2, 0.25) is 0 Å². The van der Waals surface area contributed by atoms with E-state index in [4.69, 9.17) is 16.9 Å². The van der Waals surface area contributed by atoms with Gasteiger partial charge in [-0.25, -0.2) is 8.78 Å². The van der Waals surface area contributed by atoms with Gasteiger partial charge in [0.25, 0.3) is 0 Å². The first-order chi connectivity index (χ1) is 9.52. The van der Waals surface area contributed by atoms with Crippen LogP contribution in [-0.4, -0.2) is 5.78 Å². The van der Waals surface area contributed by atoms with E-state index in [9.17, 15) is 13.6 Å². The summed E-state index contributed by atoms with van der Waals surface area (Å²) in [5.74, 6) is -2.70. The van der Waals surface area contributed by atoms with Crippen LogP contribution in [0, 0.1) is 23.0 Å². The smallest absolute Gasteiger partial charge is 0.184 e. The summed E-state index contributed by atoms with van der Waals surface area (Å²) in [4.78, 5) is 12.2. The third kappa shape index (κ3) is 2.84. The fourth-order valence-electron chi connectivity index (χ4n) is 1.79. The fraction of sp³-hybridized carbons (Fsp3) is 0.0667. The van der Waals surface area contributed by atoms with E-state index in [1.165, 1.54) is 18.2 Å². The first-order valence-corrected chi connectivity index (χ1v) is 6.05. The van der Waals surface area contributed by atoms with Crippen LogP contribution in [-0.2, 0) is 0 Å². The van der Waals surface area contributed by atoms with Crippen molar-refractivity contribution in [2.24, 2.45) is 0 Å². The summed E-state index contributed by atoms with van der Waals surface area (Å²) in [6.07, 6.45) is 0. The van der Waals surface area contributed by atoms with Gasteiger partial charge in [-0.2, -0.15) is 5.26 Å². The molecule has 2 aromatic carbocycles. The second-order valence-electron chi connectivity index (χ2n) is 4.10. The van der Waals surface area contributed by atoms with Gasteiger partial charge in [0.1, 0.15) is 17.6 Å². The van der Waals surface area contributed by atoms with E-state index in [0.29, 0.717) is 0 Å². The molecule has 0 saturated carbocycles. The number of carbonyl (C=O) groups excluding carboxylic acids is 1. The molecule has 0 heterocycles. The zero-order chi connectivity index (χ0) is 14.7. The molecular weight excluding hydrogens is 284 g/mol. The topological polar surface area (TPSA) is 40.9 Å². The Morgan fingerprint density at radius 1 is 1.10 bits per heavy atom. The van der Waals surface area contributed by atoms with E-state index in [-0.39, 0.29) is 16.1 Å². The normalized spacial score (nSPS) is 11.7. The van der Waals surface area contributed by atoms with Crippen molar-refractivity contribution >= 4 is 17.4 Å². The zero-order valence-electron chi connectivity index (χ0n) is 10.1.